The molecule has 0 atom stereocenters. The molecule has 1 aromatic heterocycles. The lowest BCUT2D eigenvalue weighted by atomic mass is 9.89. The van der Waals surface area contributed by atoms with Crippen LogP contribution in [-0.4, -0.2) is 21.2 Å². The molecule has 0 spiro atoms. The lowest BCUT2D eigenvalue weighted by Gasteiger charge is -2.22. The standard InChI is InChI=1S/C13H22N4O2/c1-3-16-13(12(17(18)19)10(2)15-16)14-9-11-7-5-4-6-8-11/h11,14H,3-9H2,1-2H3. The Labute approximate surface area is 113 Å². The van der Waals surface area contributed by atoms with Crippen LogP contribution in [0.2, 0.25) is 0 Å². The normalized spacial score (nSPS) is 16.5. The van der Waals surface area contributed by atoms with Gasteiger partial charge < -0.3 is 5.32 Å². The predicted octanol–water partition coefficient (Wildman–Crippen LogP) is 3.11. The van der Waals surface area contributed by atoms with Gasteiger partial charge in [-0.2, -0.15) is 5.10 Å². The molecule has 0 saturated heterocycles. The molecule has 19 heavy (non-hydrogen) atoms. The molecule has 0 amide bonds. The van der Waals surface area contributed by atoms with E-state index in [4.69, 9.17) is 0 Å². The van der Waals surface area contributed by atoms with Crippen LogP contribution in [0.5, 0.6) is 0 Å². The molecule has 0 aromatic carbocycles. The van der Waals surface area contributed by atoms with Gasteiger partial charge in [-0.15, -0.1) is 0 Å². The summed E-state index contributed by atoms with van der Waals surface area (Å²) < 4.78 is 1.69. The SMILES string of the molecule is CCn1nc(C)c([N+](=O)[O-])c1NCC1CCCCC1. The molecule has 2 rings (SSSR count). The number of aromatic nitrogens is 2. The van der Waals surface area contributed by atoms with Crippen molar-refractivity contribution in [1.82, 2.24) is 9.78 Å². The first-order valence-corrected chi connectivity index (χ1v) is 7.09. The predicted molar refractivity (Wildman–Crippen MR) is 74.4 cm³/mol. The van der Waals surface area contributed by atoms with Gasteiger partial charge in [0.25, 0.3) is 0 Å². The molecule has 1 N–H and O–H groups in total. The highest BCUT2D eigenvalue weighted by Crippen LogP contribution is 2.30. The highest BCUT2D eigenvalue weighted by Gasteiger charge is 2.25. The molecule has 106 valence electrons. The minimum absolute atomic E-state index is 0.123. The van der Waals surface area contributed by atoms with Crippen molar-refractivity contribution >= 4 is 11.5 Å². The maximum Gasteiger partial charge on any atom is 0.333 e. The first-order valence-electron chi connectivity index (χ1n) is 7.09. The molecule has 0 radical (unpaired) electrons. The third kappa shape index (κ3) is 3.05. The number of anilines is 1. The summed E-state index contributed by atoms with van der Waals surface area (Å²) in [4.78, 5) is 10.8. The monoisotopic (exact) mass is 266 g/mol. The summed E-state index contributed by atoms with van der Waals surface area (Å²) in [6.07, 6.45) is 6.32. The zero-order chi connectivity index (χ0) is 13.8. The number of nitrogens with one attached hydrogen (secondary N) is 1. The van der Waals surface area contributed by atoms with Gasteiger partial charge in [0, 0.05) is 13.1 Å². The van der Waals surface area contributed by atoms with Crippen molar-refractivity contribution in [2.24, 2.45) is 5.92 Å². The topological polar surface area (TPSA) is 73.0 Å². The highest BCUT2D eigenvalue weighted by atomic mass is 16.6. The van der Waals surface area contributed by atoms with Gasteiger partial charge in [-0.25, -0.2) is 4.68 Å². The van der Waals surface area contributed by atoms with Crippen LogP contribution < -0.4 is 5.32 Å². The molecule has 0 bridgehead atoms. The van der Waals surface area contributed by atoms with Crippen LogP contribution in [0.25, 0.3) is 0 Å². The number of rotatable bonds is 5. The van der Waals surface area contributed by atoms with Crippen molar-refractivity contribution in [2.75, 3.05) is 11.9 Å². The van der Waals surface area contributed by atoms with Crippen LogP contribution in [-0.2, 0) is 6.54 Å². The Kier molecular flexibility index (Phi) is 4.39. The van der Waals surface area contributed by atoms with E-state index in [1.807, 2.05) is 6.92 Å². The van der Waals surface area contributed by atoms with Crippen LogP contribution in [0.1, 0.15) is 44.7 Å². The van der Waals surface area contributed by atoms with E-state index in [1.165, 1.54) is 32.1 Å². The second-order valence-electron chi connectivity index (χ2n) is 5.24. The number of nitrogens with zero attached hydrogens (tertiary/aromatic N) is 3. The Morgan fingerprint density at radius 3 is 2.68 bits per heavy atom. The van der Waals surface area contributed by atoms with E-state index in [-0.39, 0.29) is 10.6 Å². The summed E-state index contributed by atoms with van der Waals surface area (Å²) in [6, 6.07) is 0. The van der Waals surface area contributed by atoms with Crippen LogP contribution in [0.15, 0.2) is 0 Å². The van der Waals surface area contributed by atoms with Crippen molar-refractivity contribution in [3.05, 3.63) is 15.8 Å². The lowest BCUT2D eigenvalue weighted by molar-refractivity contribution is -0.384. The van der Waals surface area contributed by atoms with E-state index >= 15 is 0 Å². The zero-order valence-electron chi connectivity index (χ0n) is 11.7. The third-order valence-corrected chi connectivity index (χ3v) is 3.86. The molecule has 6 nitrogen and oxygen atoms in total. The Bertz CT molecular complexity index is 450. The molecule has 0 unspecified atom stereocenters. The maximum absolute atomic E-state index is 11.1. The quantitative estimate of drug-likeness (QED) is 0.656. The molecule has 1 saturated carbocycles. The minimum Gasteiger partial charge on any atom is -0.364 e. The van der Waals surface area contributed by atoms with Gasteiger partial charge in [-0.05, 0) is 32.6 Å². The van der Waals surface area contributed by atoms with Crippen LogP contribution >= 0.6 is 0 Å². The third-order valence-electron chi connectivity index (χ3n) is 3.86. The van der Waals surface area contributed by atoms with Crippen LogP contribution in [0.3, 0.4) is 0 Å². The summed E-state index contributed by atoms with van der Waals surface area (Å²) in [5.74, 6) is 1.20. The second kappa shape index (κ2) is 6.04. The first-order chi connectivity index (χ1) is 9.13. The van der Waals surface area contributed by atoms with E-state index in [0.29, 0.717) is 24.0 Å². The van der Waals surface area contributed by atoms with E-state index in [0.717, 1.165) is 6.54 Å². The number of hydrogen-bond donors (Lipinski definition) is 1. The largest absolute Gasteiger partial charge is 0.364 e. The Hall–Kier alpha value is -1.59. The Morgan fingerprint density at radius 2 is 2.11 bits per heavy atom. The van der Waals surface area contributed by atoms with Gasteiger partial charge in [0.15, 0.2) is 0 Å². The molecule has 1 fully saturated rings. The van der Waals surface area contributed by atoms with Gasteiger partial charge in [-0.1, -0.05) is 19.3 Å². The van der Waals surface area contributed by atoms with Crippen molar-refractivity contribution in [3.63, 3.8) is 0 Å². The van der Waals surface area contributed by atoms with Gasteiger partial charge in [-0.3, -0.25) is 10.1 Å². The van der Waals surface area contributed by atoms with Gasteiger partial charge in [0.2, 0.25) is 5.82 Å². The molecular formula is C13H22N4O2. The zero-order valence-corrected chi connectivity index (χ0v) is 11.7. The lowest BCUT2D eigenvalue weighted by Crippen LogP contribution is -2.19. The molecular weight excluding hydrogens is 244 g/mol. The molecule has 1 heterocycles. The molecule has 6 heteroatoms. The van der Waals surface area contributed by atoms with E-state index < -0.39 is 0 Å². The van der Waals surface area contributed by atoms with Gasteiger partial charge in [0.1, 0.15) is 5.69 Å². The average molecular weight is 266 g/mol. The van der Waals surface area contributed by atoms with E-state index in [9.17, 15) is 10.1 Å². The van der Waals surface area contributed by atoms with E-state index in [1.54, 1.807) is 11.6 Å². The molecule has 0 aliphatic heterocycles. The first kappa shape index (κ1) is 13.8. The summed E-state index contributed by atoms with van der Waals surface area (Å²) in [6.45, 7) is 5.09. The fourth-order valence-electron chi connectivity index (χ4n) is 2.83. The summed E-state index contributed by atoms with van der Waals surface area (Å²) in [7, 11) is 0. The van der Waals surface area contributed by atoms with Crippen molar-refractivity contribution in [3.8, 4) is 0 Å². The number of aryl methyl sites for hydroxylation is 2. The smallest absolute Gasteiger partial charge is 0.333 e. The molecule has 1 aliphatic rings. The summed E-state index contributed by atoms with van der Waals surface area (Å²) in [5, 5.41) is 18.6. The maximum atomic E-state index is 11.1. The Balaban J connectivity index is 2.11. The second-order valence-corrected chi connectivity index (χ2v) is 5.24. The minimum atomic E-state index is -0.336. The number of nitro groups is 1. The molecule has 1 aliphatic carbocycles. The number of hydrogen-bond acceptors (Lipinski definition) is 4. The Morgan fingerprint density at radius 1 is 1.42 bits per heavy atom. The fraction of sp³-hybridized carbons (Fsp3) is 0.769. The molecule has 1 aromatic rings. The van der Waals surface area contributed by atoms with Crippen molar-refractivity contribution in [2.45, 2.75) is 52.5 Å². The van der Waals surface area contributed by atoms with Crippen LogP contribution in [0.4, 0.5) is 11.5 Å². The van der Waals surface area contributed by atoms with Gasteiger partial charge in [0.05, 0.1) is 4.92 Å². The highest BCUT2D eigenvalue weighted by molar-refractivity contribution is 5.59. The van der Waals surface area contributed by atoms with Gasteiger partial charge >= 0.3 is 5.69 Å². The van der Waals surface area contributed by atoms with Crippen molar-refractivity contribution < 1.29 is 4.92 Å². The fourth-order valence-corrected chi connectivity index (χ4v) is 2.83. The summed E-state index contributed by atoms with van der Waals surface area (Å²) >= 11 is 0. The van der Waals surface area contributed by atoms with Crippen molar-refractivity contribution in [1.29, 1.82) is 0 Å². The average Bonchev–Trinajstić information content (AvgIpc) is 2.73. The summed E-state index contributed by atoms with van der Waals surface area (Å²) in [5.41, 5.74) is 0.607. The van der Waals surface area contributed by atoms with E-state index in [2.05, 4.69) is 10.4 Å². The van der Waals surface area contributed by atoms with Crippen LogP contribution in [0, 0.1) is 23.0 Å².